The number of benzene rings is 1. The summed E-state index contributed by atoms with van der Waals surface area (Å²) in [5.74, 6) is 1.39. The van der Waals surface area contributed by atoms with E-state index in [0.29, 0.717) is 5.92 Å². The quantitative estimate of drug-likeness (QED) is 0.787. The van der Waals surface area contributed by atoms with E-state index in [4.69, 9.17) is 0 Å². The van der Waals surface area contributed by atoms with Crippen molar-refractivity contribution in [2.24, 2.45) is 11.8 Å². The van der Waals surface area contributed by atoms with Gasteiger partial charge in [0, 0.05) is 0 Å². The summed E-state index contributed by atoms with van der Waals surface area (Å²) in [6, 6.07) is 8.28. The van der Waals surface area contributed by atoms with Gasteiger partial charge in [0.25, 0.3) is 0 Å². The van der Waals surface area contributed by atoms with Crippen molar-refractivity contribution >= 4 is 0 Å². The van der Waals surface area contributed by atoms with E-state index in [1.165, 1.54) is 50.5 Å². The van der Waals surface area contributed by atoms with E-state index in [9.17, 15) is 5.11 Å². The Hall–Kier alpha value is -0.820. The van der Waals surface area contributed by atoms with Crippen molar-refractivity contribution in [1.82, 2.24) is 0 Å². The molecule has 0 aliphatic heterocycles. The molecule has 1 nitrogen and oxygen atoms in total. The molecule has 1 aliphatic rings. The molecule has 1 heteroatoms. The van der Waals surface area contributed by atoms with Crippen molar-refractivity contribution in [3.05, 3.63) is 35.4 Å². The molecule has 1 saturated carbocycles. The summed E-state index contributed by atoms with van der Waals surface area (Å²) >= 11 is 0. The monoisotopic (exact) mass is 260 g/mol. The smallest absolute Gasteiger partial charge is 0.0820 e. The molecular formula is C18H28O. The Morgan fingerprint density at radius 3 is 2.47 bits per heavy atom. The molecule has 0 aromatic heterocycles. The van der Waals surface area contributed by atoms with Crippen LogP contribution in [0, 0.1) is 18.8 Å². The zero-order chi connectivity index (χ0) is 13.7. The molecule has 1 aliphatic carbocycles. The lowest BCUT2D eigenvalue weighted by molar-refractivity contribution is 0.0715. The maximum Gasteiger partial charge on any atom is 0.0820 e. The van der Waals surface area contributed by atoms with Crippen LogP contribution in [-0.4, -0.2) is 5.11 Å². The van der Waals surface area contributed by atoms with Gasteiger partial charge in [0.05, 0.1) is 6.10 Å². The molecule has 106 valence electrons. The third kappa shape index (κ3) is 3.82. The second-order valence-corrected chi connectivity index (χ2v) is 6.22. The number of hydrogen-bond donors (Lipinski definition) is 1. The van der Waals surface area contributed by atoms with E-state index in [0.717, 1.165) is 11.5 Å². The molecule has 19 heavy (non-hydrogen) atoms. The number of hydrogen-bond acceptors (Lipinski definition) is 1. The van der Waals surface area contributed by atoms with Gasteiger partial charge in [-0.15, -0.1) is 0 Å². The van der Waals surface area contributed by atoms with E-state index >= 15 is 0 Å². The lowest BCUT2D eigenvalue weighted by atomic mass is 9.76. The molecule has 1 aromatic rings. The first-order chi connectivity index (χ1) is 9.22. The summed E-state index contributed by atoms with van der Waals surface area (Å²) in [5, 5.41) is 10.6. The summed E-state index contributed by atoms with van der Waals surface area (Å²) < 4.78 is 0. The fourth-order valence-corrected chi connectivity index (χ4v) is 3.46. The Morgan fingerprint density at radius 1 is 1.16 bits per heavy atom. The lowest BCUT2D eigenvalue weighted by Gasteiger charge is -2.32. The fourth-order valence-electron chi connectivity index (χ4n) is 3.46. The van der Waals surface area contributed by atoms with Crippen LogP contribution < -0.4 is 0 Å². The molecule has 1 fully saturated rings. The first-order valence-corrected chi connectivity index (χ1v) is 7.96. The van der Waals surface area contributed by atoms with E-state index in [2.05, 4.69) is 26.0 Å². The summed E-state index contributed by atoms with van der Waals surface area (Å²) in [6.45, 7) is 4.37. The SMILES string of the molecule is CCCCC1CCC(C(O)c2ccccc2C)CC1. The first-order valence-electron chi connectivity index (χ1n) is 7.96. The average Bonchev–Trinajstić information content (AvgIpc) is 2.45. The van der Waals surface area contributed by atoms with Gasteiger partial charge >= 0.3 is 0 Å². The minimum atomic E-state index is -0.256. The molecule has 1 atom stereocenters. The molecule has 0 spiro atoms. The zero-order valence-electron chi connectivity index (χ0n) is 12.4. The van der Waals surface area contributed by atoms with E-state index in [1.807, 2.05) is 12.1 Å². The highest BCUT2D eigenvalue weighted by Gasteiger charge is 2.27. The fraction of sp³-hybridized carbons (Fsp3) is 0.667. The standard InChI is InChI=1S/C18H28O/c1-3-4-8-15-10-12-16(13-11-15)18(19)17-9-6-5-7-14(17)2/h5-7,9,15-16,18-19H,3-4,8,10-13H2,1-2H3. The number of aryl methyl sites for hydroxylation is 1. The largest absolute Gasteiger partial charge is 0.388 e. The van der Waals surface area contributed by atoms with Crippen LogP contribution in [0.2, 0.25) is 0 Å². The molecular weight excluding hydrogens is 232 g/mol. The van der Waals surface area contributed by atoms with Crippen molar-refractivity contribution in [2.45, 2.75) is 64.9 Å². The van der Waals surface area contributed by atoms with Crippen LogP contribution in [0.15, 0.2) is 24.3 Å². The van der Waals surface area contributed by atoms with Crippen LogP contribution in [0.5, 0.6) is 0 Å². The summed E-state index contributed by atoms with van der Waals surface area (Å²) in [4.78, 5) is 0. The summed E-state index contributed by atoms with van der Waals surface area (Å²) in [5.41, 5.74) is 2.36. The molecule has 1 aromatic carbocycles. The second-order valence-electron chi connectivity index (χ2n) is 6.22. The third-order valence-corrected chi connectivity index (χ3v) is 4.81. The van der Waals surface area contributed by atoms with E-state index in [-0.39, 0.29) is 6.10 Å². The highest BCUT2D eigenvalue weighted by Crippen LogP contribution is 2.39. The predicted octanol–water partition coefficient (Wildman–Crippen LogP) is 5.03. The Bertz CT molecular complexity index is 377. The normalized spacial score (nSPS) is 25.2. The zero-order valence-corrected chi connectivity index (χ0v) is 12.4. The van der Waals surface area contributed by atoms with Crippen molar-refractivity contribution in [2.75, 3.05) is 0 Å². The minimum Gasteiger partial charge on any atom is -0.388 e. The first kappa shape index (κ1) is 14.6. The maximum atomic E-state index is 10.6. The Morgan fingerprint density at radius 2 is 1.84 bits per heavy atom. The third-order valence-electron chi connectivity index (χ3n) is 4.81. The summed E-state index contributed by atoms with van der Waals surface area (Å²) in [6.07, 6.45) is 8.84. The number of unbranched alkanes of at least 4 members (excludes halogenated alkanes) is 1. The van der Waals surface area contributed by atoms with Gasteiger partial charge < -0.3 is 5.11 Å². The van der Waals surface area contributed by atoms with Gasteiger partial charge in [-0.2, -0.15) is 0 Å². The van der Waals surface area contributed by atoms with Crippen LogP contribution >= 0.6 is 0 Å². The molecule has 0 saturated heterocycles. The van der Waals surface area contributed by atoms with Crippen molar-refractivity contribution in [1.29, 1.82) is 0 Å². The Kier molecular flexibility index (Phi) is 5.45. The van der Waals surface area contributed by atoms with Crippen molar-refractivity contribution in [3.8, 4) is 0 Å². The average molecular weight is 260 g/mol. The highest BCUT2D eigenvalue weighted by molar-refractivity contribution is 5.28. The molecule has 0 amide bonds. The number of aliphatic hydroxyl groups excluding tert-OH is 1. The van der Waals surface area contributed by atoms with Gasteiger partial charge in [-0.05, 0) is 42.7 Å². The highest BCUT2D eigenvalue weighted by atomic mass is 16.3. The molecule has 0 bridgehead atoms. The molecule has 0 heterocycles. The topological polar surface area (TPSA) is 20.2 Å². The van der Waals surface area contributed by atoms with Gasteiger partial charge in [0.1, 0.15) is 0 Å². The lowest BCUT2D eigenvalue weighted by Crippen LogP contribution is -2.21. The molecule has 1 unspecified atom stereocenters. The Labute approximate surface area is 118 Å². The minimum absolute atomic E-state index is 0.256. The predicted molar refractivity (Wildman–Crippen MR) is 81.1 cm³/mol. The molecule has 2 rings (SSSR count). The van der Waals surface area contributed by atoms with Gasteiger partial charge in [0.2, 0.25) is 0 Å². The van der Waals surface area contributed by atoms with Crippen LogP contribution in [0.25, 0.3) is 0 Å². The molecule has 0 radical (unpaired) electrons. The summed E-state index contributed by atoms with van der Waals surface area (Å²) in [7, 11) is 0. The van der Waals surface area contributed by atoms with Gasteiger partial charge in [0.15, 0.2) is 0 Å². The van der Waals surface area contributed by atoms with Crippen LogP contribution in [0.3, 0.4) is 0 Å². The van der Waals surface area contributed by atoms with Gasteiger partial charge in [-0.25, -0.2) is 0 Å². The van der Waals surface area contributed by atoms with Crippen LogP contribution in [0.1, 0.15) is 69.1 Å². The van der Waals surface area contributed by atoms with Gasteiger partial charge in [-0.1, -0.05) is 63.3 Å². The van der Waals surface area contributed by atoms with Crippen LogP contribution in [-0.2, 0) is 0 Å². The van der Waals surface area contributed by atoms with E-state index < -0.39 is 0 Å². The van der Waals surface area contributed by atoms with Gasteiger partial charge in [-0.3, -0.25) is 0 Å². The molecule has 1 N–H and O–H groups in total. The van der Waals surface area contributed by atoms with Crippen LogP contribution in [0.4, 0.5) is 0 Å². The maximum absolute atomic E-state index is 10.6. The number of rotatable bonds is 5. The van der Waals surface area contributed by atoms with E-state index in [1.54, 1.807) is 0 Å². The number of aliphatic hydroxyl groups is 1. The Balaban J connectivity index is 1.89. The second kappa shape index (κ2) is 7.09. The van der Waals surface area contributed by atoms with Crippen molar-refractivity contribution < 1.29 is 5.11 Å². The van der Waals surface area contributed by atoms with Crippen molar-refractivity contribution in [3.63, 3.8) is 0 Å².